The monoisotopic (exact) mass is 385 g/mol. The van der Waals surface area contributed by atoms with Crippen LogP contribution in [-0.4, -0.2) is 41.2 Å². The average Bonchev–Trinajstić information content (AvgIpc) is 2.93. The Bertz CT molecular complexity index is 910. The molecule has 0 unspecified atom stereocenters. The summed E-state index contributed by atoms with van der Waals surface area (Å²) >= 11 is 0. The molecule has 144 valence electrons. The number of nitrogens with one attached hydrogen (secondary N) is 2. The number of hydrogen-bond donors (Lipinski definition) is 2. The number of carbonyl (C=O) groups is 4. The van der Waals surface area contributed by atoms with Gasteiger partial charge in [0.1, 0.15) is 18.1 Å². The summed E-state index contributed by atoms with van der Waals surface area (Å²) in [7, 11) is 0. The smallest absolute Gasteiger partial charge is 0.279 e. The SMILES string of the molecule is C[C@@H](Oc1ccc(F)cc1)C(=O)NNC(=O)CN1C(=O)c2ccccc2C1=O. The molecule has 1 heterocycles. The summed E-state index contributed by atoms with van der Waals surface area (Å²) in [6.07, 6.45) is -0.981. The minimum absolute atomic E-state index is 0.227. The normalized spacial score (nSPS) is 13.7. The third-order valence-electron chi connectivity index (χ3n) is 4.00. The summed E-state index contributed by atoms with van der Waals surface area (Å²) in [5.74, 6) is -2.73. The summed E-state index contributed by atoms with van der Waals surface area (Å²) in [4.78, 5) is 49.2. The summed E-state index contributed by atoms with van der Waals surface area (Å²) in [6.45, 7) is 0.898. The number of ether oxygens (including phenoxy) is 1. The van der Waals surface area contributed by atoms with Gasteiger partial charge in [0.15, 0.2) is 6.10 Å². The van der Waals surface area contributed by atoms with Crippen LogP contribution in [0.15, 0.2) is 48.5 Å². The maximum Gasteiger partial charge on any atom is 0.279 e. The number of hydrazine groups is 1. The van der Waals surface area contributed by atoms with Crippen LogP contribution < -0.4 is 15.6 Å². The summed E-state index contributed by atoms with van der Waals surface area (Å²) in [5, 5.41) is 0. The molecule has 0 spiro atoms. The highest BCUT2D eigenvalue weighted by Gasteiger charge is 2.36. The topological polar surface area (TPSA) is 105 Å². The van der Waals surface area contributed by atoms with E-state index in [1.807, 2.05) is 0 Å². The first-order valence-corrected chi connectivity index (χ1v) is 8.33. The highest BCUT2D eigenvalue weighted by molar-refractivity contribution is 6.22. The summed E-state index contributed by atoms with van der Waals surface area (Å²) in [6, 6.07) is 11.3. The molecule has 2 N–H and O–H groups in total. The quantitative estimate of drug-likeness (QED) is 0.591. The number of rotatable bonds is 5. The van der Waals surface area contributed by atoms with Gasteiger partial charge < -0.3 is 4.74 Å². The van der Waals surface area contributed by atoms with Crippen molar-refractivity contribution in [3.8, 4) is 5.75 Å². The van der Waals surface area contributed by atoms with Crippen LogP contribution in [0.2, 0.25) is 0 Å². The van der Waals surface area contributed by atoms with Gasteiger partial charge in [-0.25, -0.2) is 4.39 Å². The van der Waals surface area contributed by atoms with Crippen molar-refractivity contribution in [1.82, 2.24) is 15.8 Å². The maximum absolute atomic E-state index is 12.9. The van der Waals surface area contributed by atoms with Crippen LogP contribution >= 0.6 is 0 Å². The molecule has 0 saturated heterocycles. The molecule has 0 radical (unpaired) electrons. The van der Waals surface area contributed by atoms with Crippen LogP contribution in [-0.2, 0) is 9.59 Å². The van der Waals surface area contributed by atoms with Crippen LogP contribution in [0.4, 0.5) is 4.39 Å². The lowest BCUT2D eigenvalue weighted by Gasteiger charge is -2.17. The number of nitrogens with zero attached hydrogens (tertiary/aromatic N) is 1. The van der Waals surface area contributed by atoms with Gasteiger partial charge in [0.25, 0.3) is 23.6 Å². The number of amides is 4. The minimum Gasteiger partial charge on any atom is -0.481 e. The second-order valence-electron chi connectivity index (χ2n) is 5.99. The number of fused-ring (bicyclic) bond motifs is 1. The molecule has 3 rings (SSSR count). The predicted octanol–water partition coefficient (Wildman–Crippen LogP) is 1.04. The van der Waals surface area contributed by atoms with Gasteiger partial charge in [0.05, 0.1) is 11.1 Å². The fraction of sp³-hybridized carbons (Fsp3) is 0.158. The number of imide groups is 1. The van der Waals surface area contributed by atoms with Crippen LogP contribution in [0.5, 0.6) is 5.75 Å². The van der Waals surface area contributed by atoms with Crippen LogP contribution in [0.25, 0.3) is 0 Å². The van der Waals surface area contributed by atoms with Gasteiger partial charge in [0, 0.05) is 0 Å². The van der Waals surface area contributed by atoms with Crippen LogP contribution in [0.3, 0.4) is 0 Å². The molecule has 9 heteroatoms. The molecule has 1 atom stereocenters. The Hall–Kier alpha value is -3.75. The standard InChI is InChI=1S/C19H16FN3O5/c1-11(28-13-8-6-12(20)7-9-13)17(25)22-21-16(24)10-23-18(26)14-4-2-3-5-15(14)19(23)27/h2-9,11H,10H2,1H3,(H,21,24)(H,22,25)/t11-/m1/s1. The van der Waals surface area contributed by atoms with Gasteiger partial charge in [-0.05, 0) is 43.3 Å². The molecule has 1 aliphatic rings. The summed E-state index contributed by atoms with van der Waals surface area (Å²) in [5.41, 5.74) is 4.74. The van der Waals surface area contributed by atoms with Crippen molar-refractivity contribution in [2.75, 3.05) is 6.54 Å². The summed E-state index contributed by atoms with van der Waals surface area (Å²) < 4.78 is 18.2. The van der Waals surface area contributed by atoms with E-state index in [1.54, 1.807) is 12.1 Å². The minimum atomic E-state index is -0.981. The Morgan fingerprint density at radius 1 is 1.00 bits per heavy atom. The van der Waals surface area contributed by atoms with E-state index in [-0.39, 0.29) is 16.9 Å². The van der Waals surface area contributed by atoms with Gasteiger partial charge in [0.2, 0.25) is 0 Å². The van der Waals surface area contributed by atoms with E-state index in [0.717, 1.165) is 4.90 Å². The molecule has 0 aromatic heterocycles. The number of hydrogen-bond acceptors (Lipinski definition) is 5. The molecular formula is C19H16FN3O5. The van der Waals surface area contributed by atoms with Crippen LogP contribution in [0.1, 0.15) is 27.6 Å². The van der Waals surface area contributed by atoms with Crippen molar-refractivity contribution in [2.45, 2.75) is 13.0 Å². The van der Waals surface area contributed by atoms with Crippen molar-refractivity contribution < 1.29 is 28.3 Å². The zero-order valence-electron chi connectivity index (χ0n) is 14.8. The largest absolute Gasteiger partial charge is 0.481 e. The zero-order chi connectivity index (χ0) is 20.3. The van der Waals surface area contributed by atoms with Crippen molar-refractivity contribution in [3.05, 3.63) is 65.5 Å². The molecule has 0 saturated carbocycles. The van der Waals surface area contributed by atoms with Gasteiger partial charge in [-0.3, -0.25) is 34.9 Å². The third kappa shape index (κ3) is 3.98. The van der Waals surface area contributed by atoms with Gasteiger partial charge in [-0.2, -0.15) is 0 Å². The van der Waals surface area contributed by atoms with Crippen molar-refractivity contribution in [3.63, 3.8) is 0 Å². The zero-order valence-corrected chi connectivity index (χ0v) is 14.8. The van der Waals surface area contributed by atoms with E-state index in [2.05, 4.69) is 10.9 Å². The molecule has 0 bridgehead atoms. The molecule has 4 amide bonds. The first kappa shape index (κ1) is 19.0. The lowest BCUT2D eigenvalue weighted by atomic mass is 10.1. The van der Waals surface area contributed by atoms with Crippen molar-refractivity contribution in [2.24, 2.45) is 0 Å². The fourth-order valence-electron chi connectivity index (χ4n) is 2.57. The van der Waals surface area contributed by atoms with Gasteiger partial charge in [-0.15, -0.1) is 0 Å². The highest BCUT2D eigenvalue weighted by atomic mass is 19.1. The molecule has 1 aliphatic heterocycles. The maximum atomic E-state index is 12.9. The van der Waals surface area contributed by atoms with Crippen LogP contribution in [0, 0.1) is 5.82 Å². The molecule has 8 nitrogen and oxygen atoms in total. The Balaban J connectivity index is 1.50. The van der Waals surface area contributed by atoms with E-state index in [4.69, 9.17) is 4.74 Å². The first-order valence-electron chi connectivity index (χ1n) is 8.33. The van der Waals surface area contributed by atoms with E-state index in [9.17, 15) is 23.6 Å². The van der Waals surface area contributed by atoms with E-state index in [0.29, 0.717) is 0 Å². The first-order chi connectivity index (χ1) is 13.4. The molecule has 28 heavy (non-hydrogen) atoms. The highest BCUT2D eigenvalue weighted by Crippen LogP contribution is 2.21. The number of carbonyl (C=O) groups excluding carboxylic acids is 4. The van der Waals surface area contributed by atoms with Gasteiger partial charge in [-0.1, -0.05) is 12.1 Å². The van der Waals surface area contributed by atoms with E-state index >= 15 is 0 Å². The van der Waals surface area contributed by atoms with Crippen molar-refractivity contribution in [1.29, 1.82) is 0 Å². The Labute approximate surface area is 159 Å². The lowest BCUT2D eigenvalue weighted by molar-refractivity contribution is -0.132. The average molecular weight is 385 g/mol. The van der Waals surface area contributed by atoms with Gasteiger partial charge >= 0.3 is 0 Å². The number of halogens is 1. The Morgan fingerprint density at radius 3 is 2.14 bits per heavy atom. The van der Waals surface area contributed by atoms with E-state index < -0.39 is 42.1 Å². The van der Waals surface area contributed by atoms with Crippen molar-refractivity contribution >= 4 is 23.6 Å². The molecule has 0 aliphatic carbocycles. The molecular weight excluding hydrogens is 369 g/mol. The third-order valence-corrected chi connectivity index (χ3v) is 4.00. The second kappa shape index (κ2) is 7.87. The Morgan fingerprint density at radius 2 is 1.57 bits per heavy atom. The van der Waals surface area contributed by atoms with E-state index in [1.165, 1.54) is 43.3 Å². The molecule has 0 fully saturated rings. The number of benzene rings is 2. The molecule has 2 aromatic rings. The second-order valence-corrected chi connectivity index (χ2v) is 5.99. The molecule has 2 aromatic carbocycles. The predicted molar refractivity (Wildman–Crippen MR) is 94.6 cm³/mol. The Kier molecular flexibility index (Phi) is 5.35. The fourth-order valence-corrected chi connectivity index (χ4v) is 2.57. The lowest BCUT2D eigenvalue weighted by Crippen LogP contribution is -2.50.